The van der Waals surface area contributed by atoms with Crippen molar-refractivity contribution >= 4 is 60.9 Å². The molecule has 0 saturated heterocycles. The van der Waals surface area contributed by atoms with E-state index in [1.807, 2.05) is 24.3 Å². The van der Waals surface area contributed by atoms with Crippen LogP contribution in [0.1, 0.15) is 25.0 Å². The summed E-state index contributed by atoms with van der Waals surface area (Å²) in [5.41, 5.74) is 21.4. The molecule has 312 valence electrons. The first-order valence-corrected chi connectivity index (χ1v) is 22.7. The number of benzene rings is 10. The summed E-state index contributed by atoms with van der Waals surface area (Å²) in [6, 6.07) is 81.0. The topological polar surface area (TPSA) is 29.5 Å². The van der Waals surface area contributed by atoms with Gasteiger partial charge in [0.1, 0.15) is 22.3 Å². The number of hydrogen-bond donors (Lipinski definition) is 0. The van der Waals surface area contributed by atoms with E-state index >= 15 is 0 Å². The van der Waals surface area contributed by atoms with Crippen molar-refractivity contribution in [3.8, 4) is 55.6 Å². The minimum Gasteiger partial charge on any atom is -0.456 e. The molecule has 1 aliphatic carbocycles. The highest BCUT2D eigenvalue weighted by molar-refractivity contribution is 6.13. The van der Waals surface area contributed by atoms with E-state index in [9.17, 15) is 0 Å². The molecule has 10 aromatic carbocycles. The van der Waals surface area contributed by atoms with Crippen molar-refractivity contribution in [3.63, 3.8) is 0 Å². The number of nitrogens with zero attached hydrogens (tertiary/aromatic N) is 1. The van der Waals surface area contributed by atoms with Crippen molar-refractivity contribution in [2.75, 3.05) is 4.90 Å². The van der Waals surface area contributed by atoms with Crippen molar-refractivity contribution in [1.29, 1.82) is 0 Å². The molecule has 12 aromatic rings. The predicted molar refractivity (Wildman–Crippen MR) is 275 cm³/mol. The highest BCUT2D eigenvalue weighted by atomic mass is 16.3. The number of para-hydroxylation sites is 3. The van der Waals surface area contributed by atoms with Gasteiger partial charge in [0.05, 0.1) is 5.69 Å². The van der Waals surface area contributed by atoms with Gasteiger partial charge in [0.15, 0.2) is 0 Å². The average Bonchev–Trinajstić information content (AvgIpc) is 4.02. The molecule has 0 unspecified atom stereocenters. The number of fused-ring (bicyclic) bond motifs is 9. The summed E-state index contributed by atoms with van der Waals surface area (Å²) in [6.07, 6.45) is 0. The Hall–Kier alpha value is -8.40. The third kappa shape index (κ3) is 5.90. The van der Waals surface area contributed by atoms with Crippen molar-refractivity contribution in [3.05, 3.63) is 236 Å². The molecule has 0 fully saturated rings. The van der Waals surface area contributed by atoms with Crippen LogP contribution in [0.15, 0.2) is 233 Å². The fourth-order valence-electron chi connectivity index (χ4n) is 10.8. The summed E-state index contributed by atoms with van der Waals surface area (Å²) in [6.45, 7) is 4.68. The Balaban J connectivity index is 0.965. The van der Waals surface area contributed by atoms with Gasteiger partial charge in [-0.25, -0.2) is 0 Å². The average molecular weight is 846 g/mol. The quantitative estimate of drug-likeness (QED) is 0.160. The van der Waals surface area contributed by atoms with Crippen LogP contribution in [0.4, 0.5) is 17.1 Å². The van der Waals surface area contributed by atoms with Crippen molar-refractivity contribution < 1.29 is 8.83 Å². The Morgan fingerprint density at radius 3 is 1.36 bits per heavy atom. The van der Waals surface area contributed by atoms with Gasteiger partial charge in [-0.2, -0.15) is 0 Å². The molecule has 2 aromatic heterocycles. The first kappa shape index (κ1) is 38.1. The molecule has 66 heavy (non-hydrogen) atoms. The summed E-state index contributed by atoms with van der Waals surface area (Å²) >= 11 is 0. The normalized spacial score (nSPS) is 12.8. The zero-order chi connectivity index (χ0) is 43.9. The van der Waals surface area contributed by atoms with E-state index in [1.54, 1.807) is 0 Å². The maximum Gasteiger partial charge on any atom is 0.136 e. The maximum atomic E-state index is 6.30. The fraction of sp³-hybridized carbons (Fsp3) is 0.0476. The lowest BCUT2D eigenvalue weighted by Gasteiger charge is -2.29. The van der Waals surface area contributed by atoms with Crippen LogP contribution in [0.25, 0.3) is 99.5 Å². The molecule has 3 heteroatoms. The van der Waals surface area contributed by atoms with Crippen LogP contribution in [0, 0.1) is 0 Å². The van der Waals surface area contributed by atoms with E-state index in [0.717, 1.165) is 88.8 Å². The first-order chi connectivity index (χ1) is 32.5. The second-order valence-electron chi connectivity index (χ2n) is 18.0. The molecular weight excluding hydrogens is 803 g/mol. The van der Waals surface area contributed by atoms with Gasteiger partial charge in [-0.15, -0.1) is 0 Å². The molecular formula is C63H43NO2. The second-order valence-corrected chi connectivity index (χ2v) is 18.0. The van der Waals surface area contributed by atoms with E-state index in [-0.39, 0.29) is 5.41 Å². The van der Waals surface area contributed by atoms with Gasteiger partial charge < -0.3 is 13.7 Å². The number of rotatable bonds is 7. The van der Waals surface area contributed by atoms with E-state index in [2.05, 4.69) is 219 Å². The Kier molecular flexibility index (Phi) is 8.56. The zero-order valence-corrected chi connectivity index (χ0v) is 36.6. The third-order valence-corrected chi connectivity index (χ3v) is 13.9. The molecule has 0 atom stereocenters. The standard InChI is InChI=1S/C63H43NO2/c1-63(2)54-23-9-5-17-49(54)53-39-42(33-38-55(53)63)45-15-3-4-16-48(45)50-18-6-10-24-56(50)64(43-34-29-40(30-35-43)46-21-13-27-59-61(46)51-19-7-11-25-57(51)65-59)44-36-31-41(32-37-44)47-22-14-28-60-62(47)52-20-8-12-26-58(52)66-60/h3-39H,1-2H3. The van der Waals surface area contributed by atoms with Crippen LogP contribution in [-0.2, 0) is 5.41 Å². The van der Waals surface area contributed by atoms with Gasteiger partial charge in [0.2, 0.25) is 0 Å². The van der Waals surface area contributed by atoms with Crippen LogP contribution in [-0.4, -0.2) is 0 Å². The molecule has 0 aliphatic heterocycles. The maximum absolute atomic E-state index is 6.30. The van der Waals surface area contributed by atoms with E-state index < -0.39 is 0 Å². The van der Waals surface area contributed by atoms with Gasteiger partial charge in [0.25, 0.3) is 0 Å². The van der Waals surface area contributed by atoms with Crippen molar-refractivity contribution in [2.24, 2.45) is 0 Å². The summed E-state index contributed by atoms with van der Waals surface area (Å²) in [7, 11) is 0. The Morgan fingerprint density at radius 1 is 0.318 bits per heavy atom. The number of anilines is 3. The molecule has 0 saturated carbocycles. The van der Waals surface area contributed by atoms with E-state index in [0.29, 0.717) is 0 Å². The van der Waals surface area contributed by atoms with Gasteiger partial charge in [-0.1, -0.05) is 178 Å². The molecule has 0 radical (unpaired) electrons. The lowest BCUT2D eigenvalue weighted by Crippen LogP contribution is -2.14. The van der Waals surface area contributed by atoms with Crippen molar-refractivity contribution in [2.45, 2.75) is 19.3 Å². The van der Waals surface area contributed by atoms with Crippen molar-refractivity contribution in [1.82, 2.24) is 0 Å². The zero-order valence-electron chi connectivity index (χ0n) is 36.6. The summed E-state index contributed by atoms with van der Waals surface area (Å²) in [5.74, 6) is 0. The molecule has 0 spiro atoms. The molecule has 1 aliphatic rings. The minimum atomic E-state index is -0.0557. The second kappa shape index (κ2) is 14.8. The first-order valence-electron chi connectivity index (χ1n) is 22.7. The molecule has 0 amide bonds. The lowest BCUT2D eigenvalue weighted by molar-refractivity contribution is 0.660. The van der Waals surface area contributed by atoms with Crippen LogP contribution >= 0.6 is 0 Å². The van der Waals surface area contributed by atoms with E-state index in [4.69, 9.17) is 8.83 Å². The Bertz CT molecular complexity index is 3690. The van der Waals surface area contributed by atoms with Crippen LogP contribution in [0.5, 0.6) is 0 Å². The summed E-state index contributed by atoms with van der Waals surface area (Å²) in [4.78, 5) is 2.41. The number of hydrogen-bond acceptors (Lipinski definition) is 3. The van der Waals surface area contributed by atoms with Crippen LogP contribution in [0.2, 0.25) is 0 Å². The van der Waals surface area contributed by atoms with Crippen LogP contribution in [0.3, 0.4) is 0 Å². The minimum absolute atomic E-state index is 0.0557. The highest BCUT2D eigenvalue weighted by Crippen LogP contribution is 2.51. The lowest BCUT2D eigenvalue weighted by atomic mass is 9.82. The van der Waals surface area contributed by atoms with Gasteiger partial charge in [-0.05, 0) is 122 Å². The highest BCUT2D eigenvalue weighted by Gasteiger charge is 2.35. The third-order valence-electron chi connectivity index (χ3n) is 13.9. The Labute approximate surface area is 383 Å². The predicted octanol–water partition coefficient (Wildman–Crippen LogP) is 17.9. The molecule has 3 nitrogen and oxygen atoms in total. The van der Waals surface area contributed by atoms with E-state index in [1.165, 1.54) is 38.9 Å². The number of furan rings is 2. The molecule has 0 N–H and O–H groups in total. The fourth-order valence-corrected chi connectivity index (χ4v) is 10.8. The van der Waals surface area contributed by atoms with Crippen LogP contribution < -0.4 is 4.90 Å². The van der Waals surface area contributed by atoms with Gasteiger partial charge >= 0.3 is 0 Å². The summed E-state index contributed by atoms with van der Waals surface area (Å²) < 4.78 is 12.6. The largest absolute Gasteiger partial charge is 0.456 e. The molecule has 13 rings (SSSR count). The molecule has 2 heterocycles. The van der Waals surface area contributed by atoms with Gasteiger partial charge in [0, 0.05) is 43.9 Å². The SMILES string of the molecule is CC1(C)c2ccccc2-c2cc(-c3ccccc3-c3ccccc3N(c3ccc(-c4cccc5oc6ccccc6c45)cc3)c3ccc(-c4cccc5oc6ccccc6c45)cc3)ccc21. The monoisotopic (exact) mass is 845 g/mol. The molecule has 0 bridgehead atoms. The Morgan fingerprint density at radius 2 is 0.758 bits per heavy atom. The van der Waals surface area contributed by atoms with Gasteiger partial charge in [-0.3, -0.25) is 0 Å². The summed E-state index contributed by atoms with van der Waals surface area (Å²) in [5, 5.41) is 4.51. The smallest absolute Gasteiger partial charge is 0.136 e.